The summed E-state index contributed by atoms with van der Waals surface area (Å²) in [6.45, 7) is 5.00. The lowest BCUT2D eigenvalue weighted by atomic mass is 9.58. The predicted octanol–water partition coefficient (Wildman–Crippen LogP) is 1.94. The molecule has 1 spiro atoms. The lowest BCUT2D eigenvalue weighted by Gasteiger charge is -2.58. The van der Waals surface area contributed by atoms with Crippen molar-refractivity contribution in [1.29, 1.82) is 0 Å². The van der Waals surface area contributed by atoms with Gasteiger partial charge in [-0.2, -0.15) is 0 Å². The van der Waals surface area contributed by atoms with Gasteiger partial charge in [-0.1, -0.05) is 6.07 Å². The van der Waals surface area contributed by atoms with E-state index in [1.807, 2.05) is 18.2 Å². The van der Waals surface area contributed by atoms with Crippen molar-refractivity contribution in [3.05, 3.63) is 35.8 Å². The Kier molecular flexibility index (Phi) is 2.63. The van der Waals surface area contributed by atoms with E-state index in [-0.39, 0.29) is 11.3 Å². The second kappa shape index (κ2) is 4.31. The van der Waals surface area contributed by atoms with Crippen molar-refractivity contribution in [2.75, 3.05) is 13.1 Å². The Labute approximate surface area is 123 Å². The van der Waals surface area contributed by atoms with Gasteiger partial charge in [-0.3, -0.25) is 9.69 Å². The summed E-state index contributed by atoms with van der Waals surface area (Å²) in [6.07, 6.45) is 3.76. The summed E-state index contributed by atoms with van der Waals surface area (Å²) < 4.78 is 2.15. The highest BCUT2D eigenvalue weighted by molar-refractivity contribution is 5.71. The molecule has 0 atom stereocenters. The average Bonchev–Trinajstić information content (AvgIpc) is 2.66. The molecule has 5 nitrogen and oxygen atoms in total. The number of nitrogens with zero attached hydrogens (tertiary/aromatic N) is 3. The molecule has 1 saturated heterocycles. The number of hydrogen-bond donors (Lipinski definition) is 1. The van der Waals surface area contributed by atoms with Crippen LogP contribution in [0.1, 0.15) is 24.2 Å². The van der Waals surface area contributed by atoms with Crippen LogP contribution in [0, 0.1) is 18.3 Å². The molecule has 0 amide bonds. The smallest absolute Gasteiger partial charge is 0.306 e. The quantitative estimate of drug-likeness (QED) is 0.936. The molecular weight excluding hydrogens is 266 g/mol. The van der Waals surface area contributed by atoms with Gasteiger partial charge in [-0.05, 0) is 37.3 Å². The molecule has 2 aliphatic rings. The molecule has 0 bridgehead atoms. The maximum absolute atomic E-state index is 10.9. The highest BCUT2D eigenvalue weighted by Crippen LogP contribution is 2.52. The first-order valence-electron chi connectivity index (χ1n) is 7.44. The third kappa shape index (κ3) is 1.95. The zero-order chi connectivity index (χ0) is 14.6. The molecule has 5 heteroatoms. The summed E-state index contributed by atoms with van der Waals surface area (Å²) in [6, 6.07) is 6.06. The highest BCUT2D eigenvalue weighted by atomic mass is 16.4. The van der Waals surface area contributed by atoms with Gasteiger partial charge in [0.05, 0.1) is 17.3 Å². The van der Waals surface area contributed by atoms with E-state index in [0.29, 0.717) is 0 Å². The fourth-order valence-electron chi connectivity index (χ4n) is 4.00. The Morgan fingerprint density at radius 1 is 1.43 bits per heavy atom. The summed E-state index contributed by atoms with van der Waals surface area (Å²) >= 11 is 0. The van der Waals surface area contributed by atoms with E-state index in [2.05, 4.69) is 27.4 Å². The van der Waals surface area contributed by atoms with Crippen LogP contribution in [-0.4, -0.2) is 38.4 Å². The number of aliphatic carboxylic acids is 1. The average molecular weight is 285 g/mol. The normalized spacial score (nSPS) is 21.4. The van der Waals surface area contributed by atoms with Gasteiger partial charge in [0.2, 0.25) is 0 Å². The van der Waals surface area contributed by atoms with Crippen LogP contribution < -0.4 is 0 Å². The number of hydrogen-bond acceptors (Lipinski definition) is 3. The number of carboxylic acids is 1. The molecule has 21 heavy (non-hydrogen) atoms. The fraction of sp³-hybridized carbons (Fsp3) is 0.500. The minimum atomic E-state index is -0.628. The van der Waals surface area contributed by atoms with Gasteiger partial charge in [0.25, 0.3) is 0 Å². The van der Waals surface area contributed by atoms with Crippen molar-refractivity contribution in [1.82, 2.24) is 14.3 Å². The summed E-state index contributed by atoms with van der Waals surface area (Å²) in [7, 11) is 0. The van der Waals surface area contributed by atoms with Gasteiger partial charge in [0.15, 0.2) is 0 Å². The van der Waals surface area contributed by atoms with E-state index in [4.69, 9.17) is 5.11 Å². The molecule has 2 aromatic rings. The van der Waals surface area contributed by atoms with Crippen LogP contribution in [0.2, 0.25) is 0 Å². The van der Waals surface area contributed by atoms with Crippen LogP contribution in [0.25, 0.3) is 5.65 Å². The first kappa shape index (κ1) is 12.8. The second-order valence-electron chi connectivity index (χ2n) is 6.66. The Balaban J connectivity index is 1.44. The minimum Gasteiger partial charge on any atom is -0.481 e. The monoisotopic (exact) mass is 285 g/mol. The van der Waals surface area contributed by atoms with E-state index >= 15 is 0 Å². The molecule has 3 heterocycles. The number of carbonyl (C=O) groups is 1. The molecule has 0 aromatic carbocycles. The standard InChI is InChI=1S/C16H19N3O2/c1-11-13(19-5-3-2-4-14(19)17-11)8-18-9-16(10-18)6-12(7-16)15(20)21/h2-5,12H,6-10H2,1H3,(H,20,21). The number of carboxylic acid groups (broad SMARTS) is 1. The largest absolute Gasteiger partial charge is 0.481 e. The third-order valence-electron chi connectivity index (χ3n) is 5.03. The minimum absolute atomic E-state index is 0.107. The van der Waals surface area contributed by atoms with Crippen LogP contribution in [0.4, 0.5) is 0 Å². The summed E-state index contributed by atoms with van der Waals surface area (Å²) in [5, 5.41) is 8.99. The number of likely N-dealkylation sites (tertiary alicyclic amines) is 1. The molecule has 0 unspecified atom stereocenters. The van der Waals surface area contributed by atoms with Gasteiger partial charge in [-0.25, -0.2) is 4.98 Å². The Bertz CT molecular complexity index is 707. The van der Waals surface area contributed by atoms with Gasteiger partial charge in [0, 0.05) is 25.8 Å². The van der Waals surface area contributed by atoms with E-state index in [9.17, 15) is 4.79 Å². The number of pyridine rings is 1. The van der Waals surface area contributed by atoms with E-state index in [0.717, 1.165) is 43.8 Å². The predicted molar refractivity (Wildman–Crippen MR) is 78.0 cm³/mol. The van der Waals surface area contributed by atoms with E-state index in [1.54, 1.807) is 0 Å². The van der Waals surface area contributed by atoms with Crippen LogP contribution >= 0.6 is 0 Å². The van der Waals surface area contributed by atoms with Crippen molar-refractivity contribution >= 4 is 11.6 Å². The van der Waals surface area contributed by atoms with Crippen molar-refractivity contribution in [2.45, 2.75) is 26.3 Å². The summed E-state index contributed by atoms with van der Waals surface area (Å²) in [5.74, 6) is -0.735. The Morgan fingerprint density at radius 3 is 2.90 bits per heavy atom. The SMILES string of the molecule is Cc1nc2ccccn2c1CN1CC2(CC(C(=O)O)C2)C1. The third-order valence-corrected chi connectivity index (χ3v) is 5.03. The van der Waals surface area contributed by atoms with E-state index in [1.165, 1.54) is 5.69 Å². The number of rotatable bonds is 3. The van der Waals surface area contributed by atoms with Crippen molar-refractivity contribution in [3.63, 3.8) is 0 Å². The van der Waals surface area contributed by atoms with Gasteiger partial charge >= 0.3 is 5.97 Å². The first-order valence-corrected chi connectivity index (χ1v) is 7.44. The Morgan fingerprint density at radius 2 is 2.19 bits per heavy atom. The molecule has 0 radical (unpaired) electrons. The first-order chi connectivity index (χ1) is 10.1. The van der Waals surface area contributed by atoms with Crippen molar-refractivity contribution in [2.24, 2.45) is 11.3 Å². The summed E-state index contributed by atoms with van der Waals surface area (Å²) in [5.41, 5.74) is 3.61. The summed E-state index contributed by atoms with van der Waals surface area (Å²) in [4.78, 5) is 17.9. The van der Waals surface area contributed by atoms with Crippen LogP contribution in [-0.2, 0) is 11.3 Å². The van der Waals surface area contributed by atoms with Gasteiger partial charge in [0.1, 0.15) is 5.65 Å². The zero-order valence-electron chi connectivity index (χ0n) is 12.1. The molecule has 2 fully saturated rings. The number of fused-ring (bicyclic) bond motifs is 1. The number of imidazole rings is 1. The zero-order valence-corrected chi connectivity index (χ0v) is 12.1. The second-order valence-corrected chi connectivity index (χ2v) is 6.66. The molecule has 1 aliphatic heterocycles. The van der Waals surface area contributed by atoms with Gasteiger partial charge < -0.3 is 9.51 Å². The van der Waals surface area contributed by atoms with E-state index < -0.39 is 5.97 Å². The van der Waals surface area contributed by atoms with Crippen LogP contribution in [0.15, 0.2) is 24.4 Å². The van der Waals surface area contributed by atoms with Crippen LogP contribution in [0.5, 0.6) is 0 Å². The molecule has 110 valence electrons. The molecule has 4 rings (SSSR count). The maximum atomic E-state index is 10.9. The maximum Gasteiger partial charge on any atom is 0.306 e. The highest BCUT2D eigenvalue weighted by Gasteiger charge is 2.54. The molecular formula is C16H19N3O2. The fourth-order valence-corrected chi connectivity index (χ4v) is 4.00. The molecule has 1 saturated carbocycles. The number of aromatic nitrogens is 2. The van der Waals surface area contributed by atoms with Crippen LogP contribution in [0.3, 0.4) is 0 Å². The van der Waals surface area contributed by atoms with Crippen molar-refractivity contribution in [3.8, 4) is 0 Å². The Hall–Kier alpha value is -1.88. The molecule has 1 N–H and O–H groups in total. The molecule has 2 aromatic heterocycles. The molecule has 1 aliphatic carbocycles. The lowest BCUT2D eigenvalue weighted by Crippen LogP contribution is -2.62. The van der Waals surface area contributed by atoms with Crippen molar-refractivity contribution < 1.29 is 9.90 Å². The lowest BCUT2D eigenvalue weighted by molar-refractivity contribution is -0.161. The van der Waals surface area contributed by atoms with Gasteiger partial charge in [-0.15, -0.1) is 0 Å². The topological polar surface area (TPSA) is 57.8 Å². The number of aryl methyl sites for hydroxylation is 1.